The van der Waals surface area contributed by atoms with Gasteiger partial charge in [-0.1, -0.05) is 48.0 Å². The number of ether oxygens (including phenoxy) is 2. The summed E-state index contributed by atoms with van der Waals surface area (Å²) in [5, 5.41) is 5.38. The van der Waals surface area contributed by atoms with Gasteiger partial charge in [-0.15, -0.1) is 0 Å². The van der Waals surface area contributed by atoms with Gasteiger partial charge in [-0.2, -0.15) is 0 Å². The van der Waals surface area contributed by atoms with E-state index in [0.717, 1.165) is 16.0 Å². The van der Waals surface area contributed by atoms with E-state index < -0.39 is 11.9 Å². The lowest BCUT2D eigenvalue weighted by molar-refractivity contribution is -0.123. The molecule has 0 atom stereocenters. The van der Waals surface area contributed by atoms with Crippen LogP contribution in [0.5, 0.6) is 11.5 Å². The number of aryl methyl sites for hydroxylation is 1. The van der Waals surface area contributed by atoms with Crippen molar-refractivity contribution in [1.82, 2.24) is 10.2 Å². The van der Waals surface area contributed by atoms with Crippen molar-refractivity contribution < 1.29 is 23.9 Å². The van der Waals surface area contributed by atoms with Gasteiger partial charge < -0.3 is 20.1 Å². The molecule has 184 valence electrons. The Morgan fingerprint density at radius 2 is 1.86 bits per heavy atom. The van der Waals surface area contributed by atoms with E-state index in [1.807, 2.05) is 49.4 Å². The molecule has 3 aromatic rings. The average molecular weight is 550 g/mol. The first-order chi connectivity index (χ1) is 17.3. The van der Waals surface area contributed by atoms with E-state index in [0.29, 0.717) is 27.2 Å². The molecule has 0 radical (unpaired) electrons. The van der Waals surface area contributed by atoms with Crippen molar-refractivity contribution >= 4 is 45.5 Å². The molecular weight excluding hydrogens is 526 g/mol. The Morgan fingerprint density at radius 3 is 2.58 bits per heavy atom. The topological polar surface area (TPSA) is 97.0 Å². The average Bonchev–Trinajstić information content (AvgIpc) is 3.11. The van der Waals surface area contributed by atoms with Crippen LogP contribution in [0.3, 0.4) is 0 Å². The summed E-state index contributed by atoms with van der Waals surface area (Å²) in [6.45, 7) is 1.90. The highest BCUT2D eigenvalue weighted by Gasteiger charge is 2.33. The third-order valence-corrected chi connectivity index (χ3v) is 5.94. The number of benzene rings is 3. The summed E-state index contributed by atoms with van der Waals surface area (Å²) in [6, 6.07) is 19.6. The molecule has 4 rings (SSSR count). The fraction of sp³-hybridized carbons (Fsp3) is 0.148. The quantitative estimate of drug-likeness (QED) is 0.308. The number of carbonyl (C=O) groups excluding carboxylic acids is 3. The van der Waals surface area contributed by atoms with Gasteiger partial charge in [0.05, 0.1) is 18.1 Å². The van der Waals surface area contributed by atoms with Gasteiger partial charge in [0.15, 0.2) is 18.1 Å². The van der Waals surface area contributed by atoms with Crippen LogP contribution in [0.15, 0.2) is 76.9 Å². The third-order valence-electron chi connectivity index (χ3n) is 5.35. The molecule has 3 aromatic carbocycles. The summed E-state index contributed by atoms with van der Waals surface area (Å²) in [6.07, 6.45) is 1.57. The SMILES string of the molecule is COc1cc(/C=C2/NC(=O)N(Cc3cccc(C)c3)C2=O)cc(Br)c1OCC(=O)Nc1ccccc1. The Hall–Kier alpha value is -4.11. The number of halogens is 1. The van der Waals surface area contributed by atoms with Crippen LogP contribution >= 0.6 is 15.9 Å². The van der Waals surface area contributed by atoms with E-state index in [2.05, 4.69) is 26.6 Å². The fourth-order valence-electron chi connectivity index (χ4n) is 3.69. The van der Waals surface area contributed by atoms with Crippen molar-refractivity contribution in [2.24, 2.45) is 0 Å². The number of para-hydroxylation sites is 1. The molecule has 1 fully saturated rings. The highest BCUT2D eigenvalue weighted by molar-refractivity contribution is 9.10. The van der Waals surface area contributed by atoms with Crippen molar-refractivity contribution in [3.8, 4) is 11.5 Å². The Labute approximate surface area is 217 Å². The predicted molar refractivity (Wildman–Crippen MR) is 139 cm³/mol. The standard InChI is InChI=1S/C27H24BrN3O5/c1-17-7-6-8-18(11-17)15-31-26(33)22(30-27(31)34)13-19-12-21(28)25(23(14-19)35-2)36-16-24(32)29-20-9-4-3-5-10-20/h3-14H,15-16H2,1-2H3,(H,29,32)(H,30,34)/b22-13+. The summed E-state index contributed by atoms with van der Waals surface area (Å²) < 4.78 is 11.7. The molecule has 1 aliphatic rings. The number of imide groups is 1. The normalized spacial score (nSPS) is 14.1. The van der Waals surface area contributed by atoms with Crippen LogP contribution in [0.4, 0.5) is 10.5 Å². The van der Waals surface area contributed by atoms with Crippen LogP contribution in [0.25, 0.3) is 6.08 Å². The maximum Gasteiger partial charge on any atom is 0.329 e. The van der Waals surface area contributed by atoms with Crippen LogP contribution in [-0.4, -0.2) is 36.5 Å². The zero-order chi connectivity index (χ0) is 25.7. The maximum atomic E-state index is 12.9. The van der Waals surface area contributed by atoms with Gasteiger partial charge in [-0.3, -0.25) is 14.5 Å². The largest absolute Gasteiger partial charge is 0.493 e. The second-order valence-corrected chi connectivity index (χ2v) is 8.96. The van der Waals surface area contributed by atoms with E-state index in [4.69, 9.17) is 9.47 Å². The Bertz CT molecular complexity index is 1340. The maximum absolute atomic E-state index is 12.9. The number of amides is 4. The monoisotopic (exact) mass is 549 g/mol. The molecule has 4 amide bonds. The lowest BCUT2D eigenvalue weighted by Gasteiger charge is -2.14. The molecule has 2 N–H and O–H groups in total. The van der Waals surface area contributed by atoms with E-state index in [1.54, 1.807) is 30.3 Å². The smallest absolute Gasteiger partial charge is 0.329 e. The lowest BCUT2D eigenvalue weighted by atomic mass is 10.1. The number of nitrogens with one attached hydrogen (secondary N) is 2. The first-order valence-corrected chi connectivity index (χ1v) is 11.9. The van der Waals surface area contributed by atoms with Crippen molar-refractivity contribution in [1.29, 1.82) is 0 Å². The predicted octanol–water partition coefficient (Wildman–Crippen LogP) is 4.88. The Morgan fingerprint density at radius 1 is 1.08 bits per heavy atom. The van der Waals surface area contributed by atoms with Crippen LogP contribution in [-0.2, 0) is 16.1 Å². The fourth-order valence-corrected chi connectivity index (χ4v) is 4.27. The number of carbonyl (C=O) groups is 3. The number of urea groups is 1. The molecule has 0 aliphatic carbocycles. The molecule has 9 heteroatoms. The second kappa shape index (κ2) is 11.1. The van der Waals surface area contributed by atoms with Gasteiger partial charge in [-0.05, 0) is 64.3 Å². The molecule has 0 aromatic heterocycles. The van der Waals surface area contributed by atoms with Gasteiger partial charge in [0.2, 0.25) is 0 Å². The molecule has 0 saturated carbocycles. The van der Waals surface area contributed by atoms with Gasteiger partial charge in [0.25, 0.3) is 11.8 Å². The minimum atomic E-state index is -0.483. The highest BCUT2D eigenvalue weighted by Crippen LogP contribution is 2.37. The summed E-state index contributed by atoms with van der Waals surface area (Å²) in [5.41, 5.74) is 3.33. The van der Waals surface area contributed by atoms with Crippen LogP contribution in [0, 0.1) is 6.92 Å². The Balaban J connectivity index is 1.47. The van der Waals surface area contributed by atoms with E-state index in [1.165, 1.54) is 7.11 Å². The van der Waals surface area contributed by atoms with Crippen LogP contribution < -0.4 is 20.1 Å². The molecule has 0 unspecified atom stereocenters. The van der Waals surface area contributed by atoms with Gasteiger partial charge in [0, 0.05) is 5.69 Å². The van der Waals surface area contributed by atoms with E-state index in [-0.39, 0.29) is 24.8 Å². The first-order valence-electron chi connectivity index (χ1n) is 11.1. The second-order valence-electron chi connectivity index (χ2n) is 8.11. The number of methoxy groups -OCH3 is 1. The highest BCUT2D eigenvalue weighted by atomic mass is 79.9. The van der Waals surface area contributed by atoms with E-state index in [9.17, 15) is 14.4 Å². The van der Waals surface area contributed by atoms with Crippen molar-refractivity contribution in [3.05, 3.63) is 93.6 Å². The molecule has 1 saturated heterocycles. The number of anilines is 1. The molecule has 1 aliphatic heterocycles. The van der Waals surface area contributed by atoms with Crippen molar-refractivity contribution in [3.63, 3.8) is 0 Å². The summed E-state index contributed by atoms with van der Waals surface area (Å²) in [4.78, 5) is 38.8. The summed E-state index contributed by atoms with van der Waals surface area (Å²) in [7, 11) is 1.47. The zero-order valence-corrected chi connectivity index (χ0v) is 21.3. The van der Waals surface area contributed by atoms with Crippen LogP contribution in [0.2, 0.25) is 0 Å². The van der Waals surface area contributed by atoms with Gasteiger partial charge in [0.1, 0.15) is 5.70 Å². The van der Waals surface area contributed by atoms with Crippen LogP contribution in [0.1, 0.15) is 16.7 Å². The number of rotatable bonds is 8. The minimum absolute atomic E-state index is 0.150. The molecule has 0 spiro atoms. The van der Waals surface area contributed by atoms with Crippen molar-refractivity contribution in [2.75, 3.05) is 19.0 Å². The van der Waals surface area contributed by atoms with Gasteiger partial charge in [-0.25, -0.2) is 4.79 Å². The van der Waals surface area contributed by atoms with Gasteiger partial charge >= 0.3 is 6.03 Å². The molecule has 36 heavy (non-hydrogen) atoms. The molecule has 8 nitrogen and oxygen atoms in total. The third kappa shape index (κ3) is 5.92. The minimum Gasteiger partial charge on any atom is -0.493 e. The molecule has 0 bridgehead atoms. The first kappa shape index (κ1) is 25.0. The zero-order valence-electron chi connectivity index (χ0n) is 19.7. The molecule has 1 heterocycles. The Kier molecular flexibility index (Phi) is 7.70. The van der Waals surface area contributed by atoms with Crippen molar-refractivity contribution in [2.45, 2.75) is 13.5 Å². The lowest BCUT2D eigenvalue weighted by Crippen LogP contribution is -2.30. The number of hydrogen-bond acceptors (Lipinski definition) is 5. The number of nitrogens with zero attached hydrogens (tertiary/aromatic N) is 1. The molecular formula is C27H24BrN3O5. The van der Waals surface area contributed by atoms with E-state index >= 15 is 0 Å². The summed E-state index contributed by atoms with van der Waals surface area (Å²) in [5.74, 6) is -0.0494. The summed E-state index contributed by atoms with van der Waals surface area (Å²) >= 11 is 3.45. The number of hydrogen-bond donors (Lipinski definition) is 2.